The summed E-state index contributed by atoms with van der Waals surface area (Å²) in [7, 11) is 0. The molecule has 0 saturated heterocycles. The first-order valence-electron chi connectivity index (χ1n) is 5.52. The minimum Gasteiger partial charge on any atom is -0.300 e. The van der Waals surface area contributed by atoms with Crippen molar-refractivity contribution >= 4 is 5.78 Å². The van der Waals surface area contributed by atoms with E-state index in [0.29, 0.717) is 0 Å². The summed E-state index contributed by atoms with van der Waals surface area (Å²) in [5.74, 6) is 6.45. The van der Waals surface area contributed by atoms with Gasteiger partial charge in [0.25, 0.3) is 0 Å². The number of ketones is 1. The van der Waals surface area contributed by atoms with E-state index in [1.807, 2.05) is 51.1 Å². The van der Waals surface area contributed by atoms with Crippen LogP contribution in [0.15, 0.2) is 30.3 Å². The zero-order chi connectivity index (χ0) is 12.2. The van der Waals surface area contributed by atoms with Crippen LogP contribution in [0.1, 0.15) is 33.3 Å². The molecule has 0 aromatic heterocycles. The van der Waals surface area contributed by atoms with Crippen molar-refractivity contribution in [2.75, 3.05) is 0 Å². The summed E-state index contributed by atoms with van der Waals surface area (Å²) < 4.78 is 0. The Kier molecular flexibility index (Phi) is 3.90. The maximum atomic E-state index is 11.3. The SMILES string of the molecule is CC(=O)C(C)C(C)(C)C#Cc1ccccc1. The van der Waals surface area contributed by atoms with Gasteiger partial charge in [0.15, 0.2) is 0 Å². The molecule has 16 heavy (non-hydrogen) atoms. The monoisotopic (exact) mass is 214 g/mol. The largest absolute Gasteiger partial charge is 0.300 e. The van der Waals surface area contributed by atoms with E-state index < -0.39 is 0 Å². The third-order valence-corrected chi connectivity index (χ3v) is 3.00. The molecule has 0 amide bonds. The lowest BCUT2D eigenvalue weighted by molar-refractivity contribution is -0.122. The van der Waals surface area contributed by atoms with Crippen molar-refractivity contribution in [3.63, 3.8) is 0 Å². The van der Waals surface area contributed by atoms with E-state index in [4.69, 9.17) is 0 Å². The molecular weight excluding hydrogens is 196 g/mol. The Hall–Kier alpha value is -1.55. The molecule has 1 unspecified atom stereocenters. The highest BCUT2D eigenvalue weighted by molar-refractivity contribution is 5.79. The van der Waals surface area contributed by atoms with Crippen LogP contribution in [0, 0.1) is 23.2 Å². The molecule has 0 radical (unpaired) electrons. The molecule has 84 valence electrons. The van der Waals surface area contributed by atoms with Crippen molar-refractivity contribution in [1.82, 2.24) is 0 Å². The van der Waals surface area contributed by atoms with E-state index >= 15 is 0 Å². The summed E-state index contributed by atoms with van der Waals surface area (Å²) in [6.07, 6.45) is 0. The molecule has 1 heteroatoms. The number of rotatable bonds is 2. The maximum absolute atomic E-state index is 11.3. The molecule has 0 spiro atoms. The highest BCUT2D eigenvalue weighted by Gasteiger charge is 2.26. The molecule has 0 saturated carbocycles. The van der Waals surface area contributed by atoms with Gasteiger partial charge in [-0.15, -0.1) is 0 Å². The smallest absolute Gasteiger partial charge is 0.134 e. The van der Waals surface area contributed by atoms with Crippen molar-refractivity contribution in [2.24, 2.45) is 11.3 Å². The van der Waals surface area contributed by atoms with Gasteiger partial charge >= 0.3 is 0 Å². The first-order valence-corrected chi connectivity index (χ1v) is 5.52. The Balaban J connectivity index is 2.89. The molecule has 0 N–H and O–H groups in total. The minimum absolute atomic E-state index is 0.0382. The molecule has 1 aromatic rings. The van der Waals surface area contributed by atoms with E-state index in [9.17, 15) is 4.79 Å². The van der Waals surface area contributed by atoms with Crippen molar-refractivity contribution in [3.05, 3.63) is 35.9 Å². The number of hydrogen-bond donors (Lipinski definition) is 0. The van der Waals surface area contributed by atoms with Crippen LogP contribution in [-0.2, 0) is 4.79 Å². The molecule has 1 rings (SSSR count). The Morgan fingerprint density at radius 3 is 2.31 bits per heavy atom. The summed E-state index contributed by atoms with van der Waals surface area (Å²) in [5.41, 5.74) is 0.716. The van der Waals surface area contributed by atoms with Gasteiger partial charge in [-0.05, 0) is 32.9 Å². The molecule has 0 aliphatic heterocycles. The lowest BCUT2D eigenvalue weighted by atomic mass is 9.78. The van der Waals surface area contributed by atoms with Crippen LogP contribution in [0.4, 0.5) is 0 Å². The lowest BCUT2D eigenvalue weighted by Gasteiger charge is -2.23. The Bertz CT molecular complexity index is 418. The molecule has 0 aliphatic carbocycles. The topological polar surface area (TPSA) is 17.1 Å². The van der Waals surface area contributed by atoms with E-state index in [-0.39, 0.29) is 17.1 Å². The van der Waals surface area contributed by atoms with Gasteiger partial charge in [-0.25, -0.2) is 0 Å². The summed E-state index contributed by atoms with van der Waals surface area (Å²) >= 11 is 0. The van der Waals surface area contributed by atoms with Crippen molar-refractivity contribution in [2.45, 2.75) is 27.7 Å². The van der Waals surface area contributed by atoms with E-state index in [2.05, 4.69) is 11.8 Å². The standard InChI is InChI=1S/C15H18O/c1-12(13(2)16)15(3,4)11-10-14-8-6-5-7-9-14/h5-9,12H,1-4H3. The summed E-state index contributed by atoms with van der Waals surface area (Å²) in [6.45, 7) is 7.57. The predicted molar refractivity (Wildman–Crippen MR) is 66.9 cm³/mol. The van der Waals surface area contributed by atoms with Gasteiger partial charge in [0.2, 0.25) is 0 Å². The number of benzene rings is 1. The van der Waals surface area contributed by atoms with Crippen LogP contribution in [-0.4, -0.2) is 5.78 Å². The maximum Gasteiger partial charge on any atom is 0.134 e. The quantitative estimate of drug-likeness (QED) is 0.690. The van der Waals surface area contributed by atoms with Crippen LogP contribution in [0.2, 0.25) is 0 Å². The summed E-state index contributed by atoms with van der Waals surface area (Å²) in [5, 5.41) is 0. The van der Waals surface area contributed by atoms with Crippen LogP contribution in [0.3, 0.4) is 0 Å². The van der Waals surface area contributed by atoms with Gasteiger partial charge in [0.05, 0.1) is 0 Å². The van der Waals surface area contributed by atoms with Crippen molar-refractivity contribution in [1.29, 1.82) is 0 Å². The van der Waals surface area contributed by atoms with Gasteiger partial charge in [-0.1, -0.05) is 37.0 Å². The Morgan fingerprint density at radius 1 is 1.25 bits per heavy atom. The first kappa shape index (κ1) is 12.5. The first-order chi connectivity index (χ1) is 7.43. The van der Waals surface area contributed by atoms with E-state index in [1.165, 1.54) is 0 Å². The molecule has 1 aromatic carbocycles. The second-order valence-corrected chi connectivity index (χ2v) is 4.67. The van der Waals surface area contributed by atoms with Crippen molar-refractivity contribution < 1.29 is 4.79 Å². The van der Waals surface area contributed by atoms with Crippen LogP contribution < -0.4 is 0 Å². The molecule has 1 nitrogen and oxygen atoms in total. The number of carbonyl (C=O) groups excluding carboxylic acids is 1. The third kappa shape index (κ3) is 3.24. The highest BCUT2D eigenvalue weighted by Crippen LogP contribution is 2.26. The second-order valence-electron chi connectivity index (χ2n) is 4.67. The van der Waals surface area contributed by atoms with Gasteiger partial charge < -0.3 is 0 Å². The molecule has 0 heterocycles. The fourth-order valence-electron chi connectivity index (χ4n) is 1.37. The Morgan fingerprint density at radius 2 is 1.81 bits per heavy atom. The Labute approximate surface area is 97.9 Å². The second kappa shape index (κ2) is 4.99. The summed E-state index contributed by atoms with van der Waals surface area (Å²) in [6, 6.07) is 9.84. The van der Waals surface area contributed by atoms with Crippen LogP contribution >= 0.6 is 0 Å². The average molecular weight is 214 g/mol. The molecule has 0 aliphatic rings. The average Bonchev–Trinajstić information content (AvgIpc) is 2.27. The van der Waals surface area contributed by atoms with Gasteiger partial charge in [-0.2, -0.15) is 0 Å². The minimum atomic E-state index is -0.276. The number of hydrogen-bond acceptors (Lipinski definition) is 1. The zero-order valence-corrected chi connectivity index (χ0v) is 10.4. The predicted octanol–water partition coefficient (Wildman–Crippen LogP) is 3.29. The fourth-order valence-corrected chi connectivity index (χ4v) is 1.37. The molecule has 0 fully saturated rings. The zero-order valence-electron chi connectivity index (χ0n) is 10.4. The fraction of sp³-hybridized carbons (Fsp3) is 0.400. The van der Waals surface area contributed by atoms with Gasteiger partial charge in [0, 0.05) is 16.9 Å². The molecule has 1 atom stereocenters. The van der Waals surface area contributed by atoms with Gasteiger partial charge in [-0.3, -0.25) is 4.79 Å². The van der Waals surface area contributed by atoms with E-state index in [0.717, 1.165) is 5.56 Å². The number of Topliss-reactive ketones (excluding diaryl/α,β-unsaturated/α-hetero) is 1. The molecular formula is C15H18O. The highest BCUT2D eigenvalue weighted by atomic mass is 16.1. The van der Waals surface area contributed by atoms with Crippen molar-refractivity contribution in [3.8, 4) is 11.8 Å². The van der Waals surface area contributed by atoms with E-state index in [1.54, 1.807) is 6.92 Å². The molecule has 0 bridgehead atoms. The number of carbonyl (C=O) groups is 1. The third-order valence-electron chi connectivity index (χ3n) is 3.00. The van der Waals surface area contributed by atoms with Crippen LogP contribution in [0.25, 0.3) is 0 Å². The van der Waals surface area contributed by atoms with Crippen LogP contribution in [0.5, 0.6) is 0 Å². The lowest BCUT2D eigenvalue weighted by Crippen LogP contribution is -2.25. The summed E-state index contributed by atoms with van der Waals surface area (Å²) in [4.78, 5) is 11.3. The van der Waals surface area contributed by atoms with Gasteiger partial charge in [0.1, 0.15) is 5.78 Å². The normalized spacial score (nSPS) is 12.5.